The molecule has 1 aromatic carbocycles. The number of guanidine groups is 1. The van der Waals surface area contributed by atoms with E-state index >= 15 is 0 Å². The Labute approximate surface area is 168 Å². The van der Waals surface area contributed by atoms with Crippen molar-refractivity contribution in [2.75, 3.05) is 26.8 Å². The standard InChI is InChI=1S/C19H27F3N6O/c1-3-17-27-26-14-28(17)10-9-24-18(23-8-5-11-29-2)25-13-15-6-4-7-16(12-15)19(20,21)22/h4,6-7,12,14H,3,5,8-11,13H2,1-2H3,(H2,23,24,25). The molecule has 0 saturated carbocycles. The molecule has 0 radical (unpaired) electrons. The van der Waals surface area contributed by atoms with E-state index in [1.54, 1.807) is 19.5 Å². The van der Waals surface area contributed by atoms with Gasteiger partial charge in [0.2, 0.25) is 0 Å². The maximum Gasteiger partial charge on any atom is 0.416 e. The molecule has 1 aromatic heterocycles. The Morgan fingerprint density at radius 1 is 1.24 bits per heavy atom. The van der Waals surface area contributed by atoms with Gasteiger partial charge in [-0.25, -0.2) is 4.99 Å². The fourth-order valence-electron chi connectivity index (χ4n) is 2.65. The number of aromatic nitrogens is 3. The number of methoxy groups -OCH3 is 1. The molecule has 0 aliphatic carbocycles. The first-order valence-corrected chi connectivity index (χ1v) is 9.48. The van der Waals surface area contributed by atoms with Crippen LogP contribution in [0.2, 0.25) is 0 Å². The fourth-order valence-corrected chi connectivity index (χ4v) is 2.65. The molecule has 0 amide bonds. The third-order valence-electron chi connectivity index (χ3n) is 4.15. The average Bonchev–Trinajstić information content (AvgIpc) is 3.16. The second-order valence-corrected chi connectivity index (χ2v) is 6.36. The van der Waals surface area contributed by atoms with Crippen molar-refractivity contribution in [1.82, 2.24) is 25.4 Å². The number of nitrogens with zero attached hydrogens (tertiary/aromatic N) is 4. The highest BCUT2D eigenvalue weighted by molar-refractivity contribution is 5.79. The zero-order valence-electron chi connectivity index (χ0n) is 16.7. The summed E-state index contributed by atoms with van der Waals surface area (Å²) in [6.07, 6.45) is -1.13. The number of hydrogen-bond acceptors (Lipinski definition) is 4. The first-order chi connectivity index (χ1) is 13.9. The molecule has 0 atom stereocenters. The van der Waals surface area contributed by atoms with Crippen molar-refractivity contribution < 1.29 is 17.9 Å². The maximum absolute atomic E-state index is 12.9. The van der Waals surface area contributed by atoms with Gasteiger partial charge in [0.1, 0.15) is 12.2 Å². The van der Waals surface area contributed by atoms with Gasteiger partial charge in [-0.3, -0.25) is 0 Å². The Morgan fingerprint density at radius 2 is 2.03 bits per heavy atom. The summed E-state index contributed by atoms with van der Waals surface area (Å²) in [6.45, 7) is 4.61. The Hall–Kier alpha value is -2.62. The first-order valence-electron chi connectivity index (χ1n) is 9.48. The predicted octanol–water partition coefficient (Wildman–Crippen LogP) is 2.63. The number of alkyl halides is 3. The van der Waals surface area contributed by atoms with Gasteiger partial charge >= 0.3 is 6.18 Å². The van der Waals surface area contributed by atoms with E-state index in [0.29, 0.717) is 37.8 Å². The highest BCUT2D eigenvalue weighted by atomic mass is 19.4. The van der Waals surface area contributed by atoms with Gasteiger partial charge in [-0.2, -0.15) is 13.2 Å². The van der Waals surface area contributed by atoms with Crippen LogP contribution in [0.4, 0.5) is 13.2 Å². The third-order valence-corrected chi connectivity index (χ3v) is 4.15. The van der Waals surface area contributed by atoms with Crippen LogP contribution in [0.25, 0.3) is 0 Å². The molecule has 0 aliphatic heterocycles. The van der Waals surface area contributed by atoms with Gasteiger partial charge in [0.05, 0.1) is 12.1 Å². The first kappa shape index (κ1) is 22.7. The van der Waals surface area contributed by atoms with E-state index in [-0.39, 0.29) is 6.54 Å². The van der Waals surface area contributed by atoms with E-state index in [9.17, 15) is 13.2 Å². The van der Waals surface area contributed by atoms with Crippen LogP contribution in [-0.2, 0) is 30.4 Å². The lowest BCUT2D eigenvalue weighted by Crippen LogP contribution is -2.39. The number of hydrogen-bond donors (Lipinski definition) is 2. The van der Waals surface area contributed by atoms with Crippen LogP contribution in [-0.4, -0.2) is 47.5 Å². The molecule has 2 rings (SSSR count). The minimum Gasteiger partial charge on any atom is -0.385 e. The lowest BCUT2D eigenvalue weighted by Gasteiger charge is -2.14. The average molecular weight is 412 g/mol. The Morgan fingerprint density at radius 3 is 2.76 bits per heavy atom. The largest absolute Gasteiger partial charge is 0.416 e. The molecule has 2 N–H and O–H groups in total. The lowest BCUT2D eigenvalue weighted by atomic mass is 10.1. The van der Waals surface area contributed by atoms with E-state index < -0.39 is 11.7 Å². The zero-order chi connectivity index (χ0) is 21.1. The molecule has 0 bridgehead atoms. The number of rotatable bonds is 10. The van der Waals surface area contributed by atoms with Crippen LogP contribution in [0.5, 0.6) is 0 Å². The van der Waals surface area contributed by atoms with Gasteiger partial charge in [0.25, 0.3) is 0 Å². The number of aliphatic imine (C=N–C) groups is 1. The molecule has 0 saturated heterocycles. The van der Waals surface area contributed by atoms with Crippen LogP contribution >= 0.6 is 0 Å². The van der Waals surface area contributed by atoms with Crippen molar-refractivity contribution in [3.05, 3.63) is 47.5 Å². The molecule has 1 heterocycles. The van der Waals surface area contributed by atoms with Gasteiger partial charge in [-0.15, -0.1) is 10.2 Å². The van der Waals surface area contributed by atoms with Gasteiger partial charge in [0, 0.05) is 39.8 Å². The van der Waals surface area contributed by atoms with Crippen LogP contribution in [0.3, 0.4) is 0 Å². The molecule has 0 unspecified atom stereocenters. The van der Waals surface area contributed by atoms with Gasteiger partial charge in [-0.1, -0.05) is 19.1 Å². The van der Waals surface area contributed by atoms with Crippen molar-refractivity contribution in [3.63, 3.8) is 0 Å². The molecule has 2 aromatic rings. The quantitative estimate of drug-likeness (QED) is 0.356. The van der Waals surface area contributed by atoms with Gasteiger partial charge in [-0.05, 0) is 24.1 Å². The van der Waals surface area contributed by atoms with Crippen LogP contribution in [0.15, 0.2) is 35.6 Å². The predicted molar refractivity (Wildman–Crippen MR) is 104 cm³/mol. The van der Waals surface area contributed by atoms with E-state index in [0.717, 1.165) is 30.8 Å². The van der Waals surface area contributed by atoms with Crippen molar-refractivity contribution in [2.45, 2.75) is 39.0 Å². The van der Waals surface area contributed by atoms with Gasteiger partial charge < -0.3 is 19.9 Å². The molecular weight excluding hydrogens is 385 g/mol. The van der Waals surface area contributed by atoms with E-state index in [2.05, 4.69) is 25.8 Å². The molecular formula is C19H27F3N6O. The molecule has 160 valence electrons. The zero-order valence-corrected chi connectivity index (χ0v) is 16.7. The Kier molecular flexibility index (Phi) is 8.91. The summed E-state index contributed by atoms with van der Waals surface area (Å²) in [5, 5.41) is 14.3. The summed E-state index contributed by atoms with van der Waals surface area (Å²) in [4.78, 5) is 4.42. The molecule has 0 aliphatic rings. The second-order valence-electron chi connectivity index (χ2n) is 6.36. The number of ether oxygens (including phenoxy) is 1. The topological polar surface area (TPSA) is 76.4 Å². The second kappa shape index (κ2) is 11.4. The van der Waals surface area contributed by atoms with Crippen molar-refractivity contribution >= 4 is 5.96 Å². The minimum absolute atomic E-state index is 0.135. The Balaban J connectivity index is 1.98. The minimum atomic E-state index is -4.37. The number of aryl methyl sites for hydroxylation is 1. The molecule has 29 heavy (non-hydrogen) atoms. The fraction of sp³-hybridized carbons (Fsp3) is 0.526. The summed E-state index contributed by atoms with van der Waals surface area (Å²) in [5.41, 5.74) is -0.183. The third kappa shape index (κ3) is 7.72. The van der Waals surface area contributed by atoms with Crippen LogP contribution in [0.1, 0.15) is 30.3 Å². The SMILES string of the molecule is CCc1nncn1CCNC(=NCc1cccc(C(F)(F)F)c1)NCCCOC. The smallest absolute Gasteiger partial charge is 0.385 e. The van der Waals surface area contributed by atoms with E-state index in [1.165, 1.54) is 6.07 Å². The molecule has 0 spiro atoms. The monoisotopic (exact) mass is 412 g/mol. The summed E-state index contributed by atoms with van der Waals surface area (Å²) in [6, 6.07) is 5.20. The maximum atomic E-state index is 12.9. The summed E-state index contributed by atoms with van der Waals surface area (Å²) in [7, 11) is 1.63. The van der Waals surface area contributed by atoms with E-state index in [4.69, 9.17) is 4.74 Å². The van der Waals surface area contributed by atoms with Gasteiger partial charge in [0.15, 0.2) is 5.96 Å². The van der Waals surface area contributed by atoms with Crippen molar-refractivity contribution in [3.8, 4) is 0 Å². The summed E-state index contributed by atoms with van der Waals surface area (Å²) >= 11 is 0. The normalized spacial score (nSPS) is 12.2. The lowest BCUT2D eigenvalue weighted by molar-refractivity contribution is -0.137. The number of halogens is 3. The molecule has 0 fully saturated rings. The van der Waals surface area contributed by atoms with Crippen molar-refractivity contribution in [2.24, 2.45) is 4.99 Å². The van der Waals surface area contributed by atoms with Crippen molar-refractivity contribution in [1.29, 1.82) is 0 Å². The highest BCUT2D eigenvalue weighted by Crippen LogP contribution is 2.29. The van der Waals surface area contributed by atoms with Crippen LogP contribution in [0, 0.1) is 0 Å². The Bertz CT molecular complexity index is 775. The molecule has 10 heteroatoms. The summed E-state index contributed by atoms with van der Waals surface area (Å²) in [5.74, 6) is 1.42. The van der Waals surface area contributed by atoms with Crippen LogP contribution < -0.4 is 10.6 Å². The highest BCUT2D eigenvalue weighted by Gasteiger charge is 2.30. The van der Waals surface area contributed by atoms with E-state index in [1.807, 2.05) is 11.5 Å². The number of benzene rings is 1. The number of nitrogens with one attached hydrogen (secondary N) is 2. The summed E-state index contributed by atoms with van der Waals surface area (Å²) < 4.78 is 45.6. The molecule has 7 nitrogen and oxygen atoms in total.